The third kappa shape index (κ3) is 7.12. The summed E-state index contributed by atoms with van der Waals surface area (Å²) in [6.45, 7) is 5.17. The molecule has 2 amide bonds. The summed E-state index contributed by atoms with van der Waals surface area (Å²) < 4.78 is 29.9. The zero-order valence-electron chi connectivity index (χ0n) is 23.1. The monoisotopic (exact) mass is 625 g/mol. The number of nitrogens with zero attached hydrogens (tertiary/aromatic N) is 2. The molecule has 0 unspecified atom stereocenters. The van der Waals surface area contributed by atoms with E-state index < -0.39 is 28.5 Å². The van der Waals surface area contributed by atoms with Crippen LogP contribution in [-0.4, -0.2) is 43.8 Å². The first kappa shape index (κ1) is 29.8. The summed E-state index contributed by atoms with van der Waals surface area (Å²) in [6, 6.07) is 20.4. The highest BCUT2D eigenvalue weighted by Crippen LogP contribution is 2.28. The van der Waals surface area contributed by atoms with Crippen LogP contribution in [0.25, 0.3) is 0 Å². The molecule has 1 aliphatic rings. The molecule has 7 nitrogen and oxygen atoms in total. The maximum absolute atomic E-state index is 14.1. The number of anilines is 1. The number of carbonyl (C=O) groups excluding carboxylic acids is 2. The third-order valence-corrected chi connectivity index (χ3v) is 9.61. The highest BCUT2D eigenvalue weighted by atomic mass is 79.9. The zero-order valence-corrected chi connectivity index (χ0v) is 25.5. The molecule has 1 fully saturated rings. The molecule has 3 aromatic rings. The fraction of sp³-hybridized carbons (Fsp3) is 0.355. The van der Waals surface area contributed by atoms with E-state index in [-0.39, 0.29) is 23.4 Å². The van der Waals surface area contributed by atoms with E-state index >= 15 is 0 Å². The van der Waals surface area contributed by atoms with Crippen LogP contribution in [0.5, 0.6) is 0 Å². The van der Waals surface area contributed by atoms with Crippen LogP contribution in [0.3, 0.4) is 0 Å². The van der Waals surface area contributed by atoms with Gasteiger partial charge < -0.3 is 10.2 Å². The fourth-order valence-electron chi connectivity index (χ4n) is 5.12. The van der Waals surface area contributed by atoms with Crippen molar-refractivity contribution in [2.75, 3.05) is 10.8 Å². The summed E-state index contributed by atoms with van der Waals surface area (Å²) in [5, 5.41) is 3.09. The lowest BCUT2D eigenvalue weighted by molar-refractivity contribution is -0.139. The molecule has 0 bridgehead atoms. The van der Waals surface area contributed by atoms with Crippen molar-refractivity contribution in [1.29, 1.82) is 0 Å². The van der Waals surface area contributed by atoms with Crippen LogP contribution in [0, 0.1) is 13.8 Å². The Morgan fingerprint density at radius 2 is 1.68 bits per heavy atom. The topological polar surface area (TPSA) is 86.8 Å². The highest BCUT2D eigenvalue weighted by Gasteiger charge is 2.33. The Hall–Kier alpha value is -3.17. The molecule has 212 valence electrons. The van der Waals surface area contributed by atoms with Gasteiger partial charge in [-0.1, -0.05) is 76.8 Å². The number of hydrogen-bond acceptors (Lipinski definition) is 4. The standard InChI is InChI=1S/C31H36BrN3O4S/c1-22-16-17-29(23(2)18-22)35(40(38,39)28-14-5-4-6-15-28)21-30(36)34(20-25-10-9-11-26(32)19-25)24(3)31(37)33-27-12-7-8-13-27/h4-6,9-11,14-19,24,27H,7-8,12-13,20-21H2,1-3H3,(H,33,37)/t24-/m1/s1. The Kier molecular flexibility index (Phi) is 9.68. The van der Waals surface area contributed by atoms with E-state index in [4.69, 9.17) is 0 Å². The van der Waals surface area contributed by atoms with Crippen molar-refractivity contribution in [3.05, 3.63) is 94.0 Å². The maximum atomic E-state index is 14.1. The predicted octanol–water partition coefficient (Wildman–Crippen LogP) is 5.74. The van der Waals surface area contributed by atoms with Gasteiger partial charge in [0.2, 0.25) is 11.8 Å². The van der Waals surface area contributed by atoms with Gasteiger partial charge in [-0.05, 0) is 75.1 Å². The normalized spacial score (nSPS) is 14.5. The van der Waals surface area contributed by atoms with Crippen LogP contribution in [-0.2, 0) is 26.2 Å². The van der Waals surface area contributed by atoms with Crippen molar-refractivity contribution in [3.63, 3.8) is 0 Å². The Morgan fingerprint density at radius 3 is 2.33 bits per heavy atom. The second kappa shape index (κ2) is 13.0. The molecule has 0 radical (unpaired) electrons. The van der Waals surface area contributed by atoms with Gasteiger partial charge in [0.05, 0.1) is 10.6 Å². The number of halogens is 1. The van der Waals surface area contributed by atoms with Crippen molar-refractivity contribution in [1.82, 2.24) is 10.2 Å². The summed E-state index contributed by atoms with van der Waals surface area (Å²) in [4.78, 5) is 29.0. The predicted molar refractivity (Wildman–Crippen MR) is 161 cm³/mol. The van der Waals surface area contributed by atoms with Gasteiger partial charge in [-0.25, -0.2) is 8.42 Å². The van der Waals surface area contributed by atoms with Crippen LogP contribution in [0.1, 0.15) is 49.3 Å². The van der Waals surface area contributed by atoms with Gasteiger partial charge in [-0.2, -0.15) is 0 Å². The number of nitrogens with one attached hydrogen (secondary N) is 1. The first-order valence-corrected chi connectivity index (χ1v) is 15.8. The quantitative estimate of drug-likeness (QED) is 0.311. The molecule has 1 atom stereocenters. The van der Waals surface area contributed by atoms with E-state index in [1.807, 2.05) is 50.2 Å². The number of sulfonamides is 1. The molecule has 0 aliphatic heterocycles. The summed E-state index contributed by atoms with van der Waals surface area (Å²) >= 11 is 3.48. The Bertz CT molecular complexity index is 1460. The molecule has 1 N–H and O–H groups in total. The number of aryl methyl sites for hydroxylation is 2. The summed E-state index contributed by atoms with van der Waals surface area (Å²) in [7, 11) is -4.08. The van der Waals surface area contributed by atoms with E-state index in [2.05, 4.69) is 21.2 Å². The zero-order chi connectivity index (χ0) is 28.9. The molecular weight excluding hydrogens is 590 g/mol. The first-order valence-electron chi connectivity index (χ1n) is 13.6. The molecule has 0 heterocycles. The lowest BCUT2D eigenvalue weighted by Crippen LogP contribution is -2.52. The van der Waals surface area contributed by atoms with Crippen LogP contribution >= 0.6 is 15.9 Å². The van der Waals surface area contributed by atoms with Gasteiger partial charge in [0, 0.05) is 17.1 Å². The van der Waals surface area contributed by atoms with Gasteiger partial charge in [0.25, 0.3) is 10.0 Å². The van der Waals surface area contributed by atoms with Crippen LogP contribution in [0.2, 0.25) is 0 Å². The minimum Gasteiger partial charge on any atom is -0.352 e. The number of rotatable bonds is 10. The van der Waals surface area contributed by atoms with Gasteiger partial charge in [0.15, 0.2) is 0 Å². The molecule has 3 aromatic carbocycles. The molecule has 4 rings (SSSR count). The van der Waals surface area contributed by atoms with Gasteiger partial charge in [0.1, 0.15) is 12.6 Å². The Labute approximate surface area is 245 Å². The minimum absolute atomic E-state index is 0.0911. The van der Waals surface area contributed by atoms with Crippen LogP contribution in [0.4, 0.5) is 5.69 Å². The lowest BCUT2D eigenvalue weighted by Gasteiger charge is -2.33. The smallest absolute Gasteiger partial charge is 0.264 e. The van der Waals surface area contributed by atoms with Crippen molar-refractivity contribution in [3.8, 4) is 0 Å². The average Bonchev–Trinajstić information content (AvgIpc) is 3.44. The van der Waals surface area contributed by atoms with Crippen molar-refractivity contribution >= 4 is 43.5 Å². The lowest BCUT2D eigenvalue weighted by atomic mass is 10.1. The van der Waals surface area contributed by atoms with Crippen molar-refractivity contribution < 1.29 is 18.0 Å². The Morgan fingerprint density at radius 1 is 0.975 bits per heavy atom. The van der Waals surface area contributed by atoms with Gasteiger partial charge >= 0.3 is 0 Å². The highest BCUT2D eigenvalue weighted by molar-refractivity contribution is 9.10. The molecule has 1 saturated carbocycles. The van der Waals surface area contributed by atoms with E-state index in [1.54, 1.807) is 31.2 Å². The SMILES string of the molecule is Cc1ccc(N(CC(=O)N(Cc2cccc(Br)c2)[C@H](C)C(=O)NC2CCCC2)S(=O)(=O)c2ccccc2)c(C)c1. The summed E-state index contributed by atoms with van der Waals surface area (Å²) in [5.74, 6) is -0.701. The summed E-state index contributed by atoms with van der Waals surface area (Å²) in [6.07, 6.45) is 3.99. The average molecular weight is 627 g/mol. The van der Waals surface area contributed by atoms with Crippen LogP contribution < -0.4 is 9.62 Å². The second-order valence-corrected chi connectivity index (χ2v) is 13.2. The number of carbonyl (C=O) groups is 2. The first-order chi connectivity index (χ1) is 19.1. The van der Waals surface area contributed by atoms with Crippen LogP contribution in [0.15, 0.2) is 82.2 Å². The number of amides is 2. The van der Waals surface area contributed by atoms with Crippen molar-refractivity contribution in [2.24, 2.45) is 0 Å². The minimum atomic E-state index is -4.08. The van der Waals surface area contributed by atoms with Gasteiger partial charge in [-0.15, -0.1) is 0 Å². The van der Waals surface area contributed by atoms with Gasteiger partial charge in [-0.3, -0.25) is 13.9 Å². The largest absolute Gasteiger partial charge is 0.352 e. The van der Waals surface area contributed by atoms with Crippen molar-refractivity contribution in [2.45, 2.75) is 70.0 Å². The third-order valence-electron chi connectivity index (χ3n) is 7.34. The van der Waals surface area contributed by atoms with E-state index in [1.165, 1.54) is 17.0 Å². The fourth-order valence-corrected chi connectivity index (χ4v) is 7.07. The molecule has 1 aliphatic carbocycles. The molecule has 9 heteroatoms. The Balaban J connectivity index is 1.70. The maximum Gasteiger partial charge on any atom is 0.264 e. The molecule has 40 heavy (non-hydrogen) atoms. The van der Waals surface area contributed by atoms with E-state index in [0.717, 1.165) is 51.2 Å². The van der Waals surface area contributed by atoms with E-state index in [0.29, 0.717) is 5.69 Å². The second-order valence-electron chi connectivity index (χ2n) is 10.4. The summed E-state index contributed by atoms with van der Waals surface area (Å²) in [5.41, 5.74) is 2.97. The molecular formula is C31H36BrN3O4S. The number of benzene rings is 3. The molecule has 0 saturated heterocycles. The number of hydrogen-bond donors (Lipinski definition) is 1. The molecule has 0 aromatic heterocycles. The molecule has 0 spiro atoms. The van der Waals surface area contributed by atoms with E-state index in [9.17, 15) is 18.0 Å².